The van der Waals surface area contributed by atoms with E-state index in [9.17, 15) is 20.1 Å². The fourth-order valence-electron chi connectivity index (χ4n) is 1.72. The number of rotatable bonds is 5. The van der Waals surface area contributed by atoms with Crippen LogP contribution in [0.15, 0.2) is 18.2 Å². The summed E-state index contributed by atoms with van der Waals surface area (Å²) >= 11 is 1.11. The molecular weight excluding hydrogens is 252 g/mol. The molecule has 1 rings (SSSR count). The average Bonchev–Trinajstić information content (AvgIpc) is 2.27. The van der Waals surface area contributed by atoms with Crippen molar-refractivity contribution in [1.29, 1.82) is 0 Å². The van der Waals surface area contributed by atoms with E-state index >= 15 is 0 Å². The Morgan fingerprint density at radius 2 is 2.06 bits per heavy atom. The summed E-state index contributed by atoms with van der Waals surface area (Å²) in [5.74, 6) is 0.418. The number of aliphatic hydroxyl groups is 2. The van der Waals surface area contributed by atoms with E-state index in [0.29, 0.717) is 17.7 Å². The smallest absolute Gasteiger partial charge is 0.185 e. The van der Waals surface area contributed by atoms with Gasteiger partial charge in [-0.15, -0.1) is 0 Å². The Bertz CT molecular complexity index is 399. The highest BCUT2D eigenvalue weighted by Gasteiger charge is 2.22. The molecule has 1 aromatic rings. The molecule has 1 aromatic carbocycles. The number of hydrogen-bond donors (Lipinski definition) is 3. The van der Waals surface area contributed by atoms with Crippen molar-refractivity contribution < 1.29 is 20.1 Å². The van der Waals surface area contributed by atoms with Gasteiger partial charge in [-0.2, -0.15) is 0 Å². The first-order valence-corrected chi connectivity index (χ1v) is 6.70. The Hall–Kier alpha value is -1.04. The molecule has 0 aliphatic rings. The Kier molecular flexibility index (Phi) is 5.65. The molecule has 0 spiro atoms. The lowest BCUT2D eigenvalue weighted by molar-refractivity contribution is -0.109. The minimum Gasteiger partial charge on any atom is -0.508 e. The van der Waals surface area contributed by atoms with Crippen LogP contribution in [0, 0.1) is 6.92 Å². The summed E-state index contributed by atoms with van der Waals surface area (Å²) in [5.41, 5.74) is 1.07. The second kappa shape index (κ2) is 6.78. The number of aliphatic hydroxyl groups excluding tert-OH is 2. The molecule has 4 nitrogen and oxygen atoms in total. The number of aryl methyl sites for hydroxylation is 1. The Morgan fingerprint density at radius 1 is 1.39 bits per heavy atom. The molecule has 0 heterocycles. The lowest BCUT2D eigenvalue weighted by atomic mass is 9.97. The molecular formula is C13H18O4S. The molecule has 0 radical (unpaired) electrons. The maximum Gasteiger partial charge on any atom is 0.185 e. The van der Waals surface area contributed by atoms with Gasteiger partial charge < -0.3 is 15.3 Å². The van der Waals surface area contributed by atoms with Crippen LogP contribution in [-0.4, -0.2) is 32.3 Å². The fraction of sp³-hybridized carbons (Fsp3) is 0.462. The molecule has 0 bridgehead atoms. The van der Waals surface area contributed by atoms with Crippen LogP contribution >= 0.6 is 11.8 Å². The van der Waals surface area contributed by atoms with Crippen molar-refractivity contribution in [2.45, 2.75) is 32.5 Å². The summed E-state index contributed by atoms with van der Waals surface area (Å²) in [6, 6.07) is 4.91. The first-order chi connectivity index (χ1) is 8.43. The van der Waals surface area contributed by atoms with Gasteiger partial charge in [0.1, 0.15) is 11.9 Å². The van der Waals surface area contributed by atoms with Crippen LogP contribution < -0.4 is 0 Å². The standard InChI is InChI=1S/C13H18O4S/c1-8-4-3-5-10(15)12(8)13(17)11(16)6-7-18-9(2)14/h3-5,11,13,15-17H,6-7H2,1-2H3. The molecule has 0 aromatic heterocycles. The van der Waals surface area contributed by atoms with Crippen LogP contribution in [0.25, 0.3) is 0 Å². The van der Waals surface area contributed by atoms with E-state index in [4.69, 9.17) is 0 Å². The molecule has 5 heteroatoms. The molecule has 18 heavy (non-hydrogen) atoms. The van der Waals surface area contributed by atoms with Crippen LogP contribution in [0.1, 0.15) is 30.6 Å². The van der Waals surface area contributed by atoms with Crippen molar-refractivity contribution in [2.24, 2.45) is 0 Å². The van der Waals surface area contributed by atoms with Gasteiger partial charge in [-0.05, 0) is 25.0 Å². The third-order valence-corrected chi connectivity index (χ3v) is 3.53. The third kappa shape index (κ3) is 4.01. The van der Waals surface area contributed by atoms with E-state index in [1.807, 2.05) is 0 Å². The average molecular weight is 270 g/mol. The number of phenolic OH excluding ortho intramolecular Hbond substituents is 1. The van der Waals surface area contributed by atoms with Gasteiger partial charge in [0.2, 0.25) is 0 Å². The zero-order chi connectivity index (χ0) is 13.7. The normalized spacial score (nSPS) is 14.2. The molecule has 0 fully saturated rings. The van der Waals surface area contributed by atoms with Gasteiger partial charge in [0, 0.05) is 18.2 Å². The maximum atomic E-state index is 10.8. The van der Waals surface area contributed by atoms with Crippen molar-refractivity contribution in [3.63, 3.8) is 0 Å². The van der Waals surface area contributed by atoms with Crippen molar-refractivity contribution in [3.8, 4) is 5.75 Å². The summed E-state index contributed by atoms with van der Waals surface area (Å²) in [6.45, 7) is 3.22. The van der Waals surface area contributed by atoms with Crippen LogP contribution in [-0.2, 0) is 4.79 Å². The Balaban J connectivity index is 2.68. The molecule has 0 aliphatic heterocycles. The summed E-state index contributed by atoms with van der Waals surface area (Å²) in [6.07, 6.45) is -1.85. The van der Waals surface area contributed by atoms with Gasteiger partial charge in [-0.25, -0.2) is 0 Å². The molecule has 0 saturated heterocycles. The zero-order valence-electron chi connectivity index (χ0n) is 10.5. The zero-order valence-corrected chi connectivity index (χ0v) is 11.3. The van der Waals surface area contributed by atoms with E-state index in [1.165, 1.54) is 13.0 Å². The predicted molar refractivity (Wildman–Crippen MR) is 71.6 cm³/mol. The second-order valence-electron chi connectivity index (χ2n) is 4.15. The SMILES string of the molecule is CC(=O)SCCC(O)C(O)c1c(C)cccc1O. The summed E-state index contributed by atoms with van der Waals surface area (Å²) in [4.78, 5) is 10.8. The molecule has 0 amide bonds. The Morgan fingerprint density at radius 3 is 2.61 bits per heavy atom. The summed E-state index contributed by atoms with van der Waals surface area (Å²) in [7, 11) is 0. The van der Waals surface area contributed by atoms with Crippen LogP contribution in [0.4, 0.5) is 0 Å². The summed E-state index contributed by atoms with van der Waals surface area (Å²) in [5, 5.41) is 29.5. The molecule has 2 atom stereocenters. The first-order valence-electron chi connectivity index (χ1n) is 5.71. The van der Waals surface area contributed by atoms with Crippen LogP contribution in [0.5, 0.6) is 5.75 Å². The topological polar surface area (TPSA) is 77.8 Å². The Labute approximate surface area is 111 Å². The minimum atomic E-state index is -1.14. The maximum absolute atomic E-state index is 10.8. The number of aromatic hydroxyl groups is 1. The van der Waals surface area contributed by atoms with Crippen molar-refractivity contribution in [2.75, 3.05) is 5.75 Å². The molecule has 0 aliphatic carbocycles. The second-order valence-corrected chi connectivity index (χ2v) is 5.42. The van der Waals surface area contributed by atoms with Gasteiger partial charge in [-0.1, -0.05) is 23.9 Å². The number of thioether (sulfide) groups is 1. The van der Waals surface area contributed by atoms with E-state index < -0.39 is 12.2 Å². The van der Waals surface area contributed by atoms with Crippen molar-refractivity contribution in [3.05, 3.63) is 29.3 Å². The van der Waals surface area contributed by atoms with E-state index in [2.05, 4.69) is 0 Å². The lowest BCUT2D eigenvalue weighted by Gasteiger charge is -2.20. The van der Waals surface area contributed by atoms with E-state index in [-0.39, 0.29) is 10.9 Å². The first kappa shape index (κ1) is 15.0. The highest BCUT2D eigenvalue weighted by atomic mass is 32.2. The summed E-state index contributed by atoms with van der Waals surface area (Å²) < 4.78 is 0. The van der Waals surface area contributed by atoms with Gasteiger partial charge in [0.25, 0.3) is 0 Å². The number of carbonyl (C=O) groups is 1. The fourth-order valence-corrected chi connectivity index (χ4v) is 2.37. The third-order valence-electron chi connectivity index (χ3n) is 2.68. The molecule has 3 N–H and O–H groups in total. The van der Waals surface area contributed by atoms with Crippen LogP contribution in [0.3, 0.4) is 0 Å². The monoisotopic (exact) mass is 270 g/mol. The van der Waals surface area contributed by atoms with Gasteiger partial charge in [0.05, 0.1) is 6.10 Å². The lowest BCUT2D eigenvalue weighted by Crippen LogP contribution is -2.20. The highest BCUT2D eigenvalue weighted by Crippen LogP contribution is 2.30. The largest absolute Gasteiger partial charge is 0.508 e. The highest BCUT2D eigenvalue weighted by molar-refractivity contribution is 8.13. The number of phenols is 1. The minimum absolute atomic E-state index is 0.0181. The number of hydrogen-bond acceptors (Lipinski definition) is 5. The van der Waals surface area contributed by atoms with E-state index in [0.717, 1.165) is 17.3 Å². The molecule has 2 unspecified atom stereocenters. The number of carbonyl (C=O) groups excluding carboxylic acids is 1. The van der Waals surface area contributed by atoms with Crippen LogP contribution in [0.2, 0.25) is 0 Å². The van der Waals surface area contributed by atoms with Gasteiger partial charge in [-0.3, -0.25) is 4.79 Å². The number of benzene rings is 1. The van der Waals surface area contributed by atoms with Gasteiger partial charge in [0.15, 0.2) is 5.12 Å². The van der Waals surface area contributed by atoms with E-state index in [1.54, 1.807) is 19.1 Å². The van der Waals surface area contributed by atoms with Crippen molar-refractivity contribution >= 4 is 16.9 Å². The van der Waals surface area contributed by atoms with Gasteiger partial charge >= 0.3 is 0 Å². The van der Waals surface area contributed by atoms with Crippen molar-refractivity contribution in [1.82, 2.24) is 0 Å². The molecule has 100 valence electrons. The predicted octanol–water partition coefficient (Wildman–Crippen LogP) is 1.76. The quantitative estimate of drug-likeness (QED) is 0.760. The molecule has 0 saturated carbocycles.